The summed E-state index contributed by atoms with van der Waals surface area (Å²) in [5, 5.41) is 0.0356. The summed E-state index contributed by atoms with van der Waals surface area (Å²) in [5.74, 6) is 0.257. The first-order chi connectivity index (χ1) is 7.58. The Morgan fingerprint density at radius 1 is 1.44 bits per heavy atom. The summed E-state index contributed by atoms with van der Waals surface area (Å²) < 4.78 is 28.5. The van der Waals surface area contributed by atoms with Crippen LogP contribution in [0.25, 0.3) is 10.9 Å². The highest BCUT2D eigenvalue weighted by atomic mass is 19.3. The third-order valence-corrected chi connectivity index (χ3v) is 2.03. The van der Waals surface area contributed by atoms with Gasteiger partial charge in [-0.25, -0.2) is 4.98 Å². The number of nitrogens with one attached hydrogen (secondary N) is 1. The van der Waals surface area contributed by atoms with Gasteiger partial charge in [-0.15, -0.1) is 0 Å². The molecule has 0 aliphatic carbocycles. The van der Waals surface area contributed by atoms with Crippen molar-refractivity contribution < 1.29 is 13.5 Å². The summed E-state index contributed by atoms with van der Waals surface area (Å²) in [7, 11) is 0. The SMILES string of the molecule is Cc1nc2cccc(OC(F)F)c2c(=O)[nH]1. The summed E-state index contributed by atoms with van der Waals surface area (Å²) in [6.45, 7) is -1.35. The van der Waals surface area contributed by atoms with Gasteiger partial charge in [0.15, 0.2) is 0 Å². The number of aryl methyl sites for hydroxylation is 1. The van der Waals surface area contributed by atoms with E-state index in [2.05, 4.69) is 14.7 Å². The number of fused-ring (bicyclic) bond motifs is 1. The summed E-state index contributed by atoms with van der Waals surface area (Å²) in [4.78, 5) is 18.0. The largest absolute Gasteiger partial charge is 0.434 e. The van der Waals surface area contributed by atoms with Crippen LogP contribution >= 0.6 is 0 Å². The smallest absolute Gasteiger partial charge is 0.387 e. The third kappa shape index (κ3) is 1.86. The monoisotopic (exact) mass is 226 g/mol. The van der Waals surface area contributed by atoms with Crippen LogP contribution in [0.1, 0.15) is 5.82 Å². The molecule has 0 saturated heterocycles. The van der Waals surface area contributed by atoms with Crippen LogP contribution in [-0.2, 0) is 0 Å². The lowest BCUT2D eigenvalue weighted by molar-refractivity contribution is -0.0488. The number of aromatic nitrogens is 2. The average Bonchev–Trinajstić information content (AvgIpc) is 2.15. The van der Waals surface area contributed by atoms with Gasteiger partial charge in [0.25, 0.3) is 5.56 Å². The Labute approximate surface area is 88.9 Å². The first-order valence-corrected chi connectivity index (χ1v) is 4.52. The zero-order chi connectivity index (χ0) is 11.7. The number of alkyl halides is 2. The number of benzene rings is 1. The van der Waals surface area contributed by atoms with E-state index in [0.29, 0.717) is 11.3 Å². The van der Waals surface area contributed by atoms with E-state index in [0.717, 1.165) is 0 Å². The highest BCUT2D eigenvalue weighted by Crippen LogP contribution is 2.22. The minimum atomic E-state index is -2.97. The van der Waals surface area contributed by atoms with Gasteiger partial charge in [-0.3, -0.25) is 4.79 Å². The highest BCUT2D eigenvalue weighted by molar-refractivity contribution is 5.84. The Balaban J connectivity index is 2.72. The van der Waals surface area contributed by atoms with Gasteiger partial charge in [-0.1, -0.05) is 6.07 Å². The number of halogens is 2. The molecule has 1 aromatic carbocycles. The predicted molar refractivity (Wildman–Crippen MR) is 53.7 cm³/mol. The first kappa shape index (κ1) is 10.5. The Hall–Kier alpha value is -1.98. The summed E-state index contributed by atoms with van der Waals surface area (Å²) in [6.07, 6.45) is 0. The molecule has 16 heavy (non-hydrogen) atoms. The van der Waals surface area contributed by atoms with Crippen LogP contribution in [0.3, 0.4) is 0 Å². The van der Waals surface area contributed by atoms with Crippen molar-refractivity contribution in [3.05, 3.63) is 34.4 Å². The zero-order valence-electron chi connectivity index (χ0n) is 8.33. The normalized spacial score (nSPS) is 11.0. The molecule has 0 spiro atoms. The van der Waals surface area contributed by atoms with Gasteiger partial charge in [0.1, 0.15) is 17.0 Å². The van der Waals surface area contributed by atoms with Crippen molar-refractivity contribution in [1.29, 1.82) is 0 Å². The molecule has 0 aliphatic rings. The molecule has 0 saturated carbocycles. The number of hydrogen-bond donors (Lipinski definition) is 1. The Morgan fingerprint density at radius 3 is 2.88 bits per heavy atom. The maximum absolute atomic E-state index is 12.1. The minimum absolute atomic E-state index is 0.0356. The van der Waals surface area contributed by atoms with Crippen LogP contribution < -0.4 is 10.3 Å². The quantitative estimate of drug-likeness (QED) is 0.849. The van der Waals surface area contributed by atoms with Crippen molar-refractivity contribution in [2.45, 2.75) is 13.5 Å². The highest BCUT2D eigenvalue weighted by Gasteiger charge is 2.11. The molecular formula is C10H8F2N2O2. The summed E-state index contributed by atoms with van der Waals surface area (Å²) in [5.41, 5.74) is -0.154. The van der Waals surface area contributed by atoms with E-state index in [4.69, 9.17) is 0 Å². The number of ether oxygens (including phenoxy) is 1. The van der Waals surface area contributed by atoms with Crippen molar-refractivity contribution >= 4 is 10.9 Å². The minimum Gasteiger partial charge on any atom is -0.434 e. The van der Waals surface area contributed by atoms with Crippen molar-refractivity contribution in [1.82, 2.24) is 9.97 Å². The molecule has 0 atom stereocenters. The van der Waals surface area contributed by atoms with Gasteiger partial charge >= 0.3 is 6.61 Å². The lowest BCUT2D eigenvalue weighted by atomic mass is 10.2. The van der Waals surface area contributed by atoms with E-state index in [1.165, 1.54) is 12.1 Å². The molecule has 2 aromatic rings. The van der Waals surface area contributed by atoms with Gasteiger partial charge in [0, 0.05) is 0 Å². The van der Waals surface area contributed by atoms with Crippen LogP contribution in [0, 0.1) is 6.92 Å². The number of nitrogens with zero attached hydrogens (tertiary/aromatic N) is 1. The van der Waals surface area contributed by atoms with E-state index in [9.17, 15) is 13.6 Å². The van der Waals surface area contributed by atoms with Crippen LogP contribution in [0.15, 0.2) is 23.0 Å². The number of rotatable bonds is 2. The van der Waals surface area contributed by atoms with Gasteiger partial charge in [0.05, 0.1) is 5.52 Å². The maximum Gasteiger partial charge on any atom is 0.387 e. The molecule has 1 heterocycles. The molecule has 0 unspecified atom stereocenters. The standard InChI is InChI=1S/C10H8F2N2O2/c1-5-13-6-3-2-4-7(16-10(11)12)8(6)9(15)14-5/h2-4,10H,1H3,(H,13,14,15). The lowest BCUT2D eigenvalue weighted by Gasteiger charge is -2.06. The topological polar surface area (TPSA) is 55.0 Å². The predicted octanol–water partition coefficient (Wildman–Crippen LogP) is 1.83. The molecule has 6 heteroatoms. The zero-order valence-corrected chi connectivity index (χ0v) is 8.33. The fourth-order valence-corrected chi connectivity index (χ4v) is 1.47. The summed E-state index contributed by atoms with van der Waals surface area (Å²) in [6, 6.07) is 4.38. The fraction of sp³-hybridized carbons (Fsp3) is 0.200. The molecule has 1 aromatic heterocycles. The van der Waals surface area contributed by atoms with Crippen molar-refractivity contribution in [2.24, 2.45) is 0 Å². The van der Waals surface area contributed by atoms with Crippen molar-refractivity contribution in [3.63, 3.8) is 0 Å². The van der Waals surface area contributed by atoms with Crippen LogP contribution in [0.2, 0.25) is 0 Å². The first-order valence-electron chi connectivity index (χ1n) is 4.52. The van der Waals surface area contributed by atoms with Crippen LogP contribution in [0.4, 0.5) is 8.78 Å². The molecule has 0 amide bonds. The molecule has 0 bridgehead atoms. The third-order valence-electron chi connectivity index (χ3n) is 2.03. The average molecular weight is 226 g/mol. The lowest BCUT2D eigenvalue weighted by Crippen LogP contribution is -2.12. The van der Waals surface area contributed by atoms with E-state index in [1.54, 1.807) is 13.0 Å². The fourth-order valence-electron chi connectivity index (χ4n) is 1.47. The molecule has 0 fully saturated rings. The van der Waals surface area contributed by atoms with E-state index < -0.39 is 12.2 Å². The second kappa shape index (κ2) is 3.88. The molecule has 4 nitrogen and oxygen atoms in total. The second-order valence-corrected chi connectivity index (χ2v) is 3.18. The Morgan fingerprint density at radius 2 is 2.19 bits per heavy atom. The van der Waals surface area contributed by atoms with E-state index >= 15 is 0 Å². The number of H-pyrrole nitrogens is 1. The molecule has 1 N–H and O–H groups in total. The van der Waals surface area contributed by atoms with Gasteiger partial charge in [0.2, 0.25) is 0 Å². The van der Waals surface area contributed by atoms with E-state index in [1.807, 2.05) is 0 Å². The second-order valence-electron chi connectivity index (χ2n) is 3.18. The number of aromatic amines is 1. The van der Waals surface area contributed by atoms with Gasteiger partial charge in [-0.2, -0.15) is 8.78 Å². The van der Waals surface area contributed by atoms with Gasteiger partial charge in [-0.05, 0) is 19.1 Å². The molecule has 2 rings (SSSR count). The Kier molecular flexibility index (Phi) is 2.55. The maximum atomic E-state index is 12.1. The molecule has 84 valence electrons. The van der Waals surface area contributed by atoms with E-state index in [-0.39, 0.29) is 11.1 Å². The molecule has 0 radical (unpaired) electrons. The van der Waals surface area contributed by atoms with Crippen molar-refractivity contribution in [2.75, 3.05) is 0 Å². The number of hydrogen-bond acceptors (Lipinski definition) is 3. The van der Waals surface area contributed by atoms with Crippen LogP contribution in [0.5, 0.6) is 5.75 Å². The van der Waals surface area contributed by atoms with Crippen LogP contribution in [-0.4, -0.2) is 16.6 Å². The van der Waals surface area contributed by atoms with Gasteiger partial charge < -0.3 is 9.72 Å². The molecule has 0 aliphatic heterocycles. The molecular weight excluding hydrogens is 218 g/mol. The summed E-state index contributed by atoms with van der Waals surface area (Å²) >= 11 is 0. The van der Waals surface area contributed by atoms with Crippen molar-refractivity contribution in [3.8, 4) is 5.75 Å². The Bertz CT molecular complexity index is 581.